The molecule has 3 aromatic carbocycles. The molecule has 1 heterocycles. The Labute approximate surface area is 175 Å². The van der Waals surface area contributed by atoms with E-state index in [0.29, 0.717) is 0 Å². The minimum Gasteiger partial charge on any atom is -0.379 e. The number of nitrogens with zero attached hydrogens (tertiary/aromatic N) is 1. The lowest BCUT2D eigenvalue weighted by Gasteiger charge is -2.27. The van der Waals surface area contributed by atoms with E-state index < -0.39 is 21.5 Å². The van der Waals surface area contributed by atoms with E-state index >= 15 is 0 Å². The van der Waals surface area contributed by atoms with Crippen LogP contribution in [0, 0.1) is 6.92 Å². The molecule has 0 fully saturated rings. The first kappa shape index (κ1) is 19.8. The Hall–Kier alpha value is -3.45. The maximum absolute atomic E-state index is 12.8. The van der Waals surface area contributed by atoms with E-state index in [1.165, 1.54) is 12.1 Å². The number of amides is 1. The van der Waals surface area contributed by atoms with Crippen molar-refractivity contribution in [2.24, 2.45) is 5.16 Å². The smallest absolute Gasteiger partial charge is 0.282 e. The first-order valence-corrected chi connectivity index (χ1v) is 10.9. The molecule has 0 unspecified atom stereocenters. The molecule has 4 rings (SSSR count). The van der Waals surface area contributed by atoms with Crippen molar-refractivity contribution in [3.63, 3.8) is 0 Å². The molecule has 3 aromatic rings. The predicted octanol–water partition coefficient (Wildman–Crippen LogP) is 3.52. The standard InChI is InChI=1S/C23H20N2O4S/c1-17-12-14-20(15-13-17)30(27,28)25-22(26)21-16-23(29-24-21,18-8-4-2-5-9-18)19-10-6-3-7-11-19/h2-15H,16H2,1H3,(H,25,26). The number of carbonyl (C=O) groups excluding carboxylic acids is 1. The number of nitrogens with one attached hydrogen (secondary N) is 1. The second kappa shape index (κ2) is 7.76. The Balaban J connectivity index is 1.61. The molecule has 0 radical (unpaired) electrons. The highest BCUT2D eigenvalue weighted by molar-refractivity contribution is 7.90. The largest absolute Gasteiger partial charge is 0.379 e. The summed E-state index contributed by atoms with van der Waals surface area (Å²) in [7, 11) is -4.02. The number of sulfonamides is 1. The molecule has 7 heteroatoms. The van der Waals surface area contributed by atoms with E-state index in [-0.39, 0.29) is 17.0 Å². The van der Waals surface area contributed by atoms with Crippen molar-refractivity contribution in [2.45, 2.75) is 23.8 Å². The van der Waals surface area contributed by atoms with Gasteiger partial charge in [-0.2, -0.15) is 0 Å². The summed E-state index contributed by atoms with van der Waals surface area (Å²) in [4.78, 5) is 18.6. The molecule has 1 aliphatic rings. The van der Waals surface area contributed by atoms with Gasteiger partial charge < -0.3 is 4.84 Å². The highest BCUT2D eigenvalue weighted by atomic mass is 32.2. The monoisotopic (exact) mass is 420 g/mol. The molecule has 1 aliphatic heterocycles. The van der Waals surface area contributed by atoms with Gasteiger partial charge in [0.05, 0.1) is 11.3 Å². The van der Waals surface area contributed by atoms with Crippen LogP contribution in [0.4, 0.5) is 0 Å². The zero-order valence-electron chi connectivity index (χ0n) is 16.3. The van der Waals surface area contributed by atoms with E-state index in [2.05, 4.69) is 9.88 Å². The SMILES string of the molecule is Cc1ccc(S(=O)(=O)NC(=O)C2=NOC(c3ccccc3)(c3ccccc3)C2)cc1. The van der Waals surface area contributed by atoms with Gasteiger partial charge in [0.25, 0.3) is 15.9 Å². The molecule has 0 spiro atoms. The first-order valence-electron chi connectivity index (χ1n) is 9.41. The lowest BCUT2D eigenvalue weighted by molar-refractivity contribution is -0.113. The maximum atomic E-state index is 12.8. The van der Waals surface area contributed by atoms with Gasteiger partial charge in [-0.15, -0.1) is 0 Å². The molecule has 0 atom stereocenters. The summed E-state index contributed by atoms with van der Waals surface area (Å²) < 4.78 is 27.3. The summed E-state index contributed by atoms with van der Waals surface area (Å²) in [6.45, 7) is 1.85. The van der Waals surface area contributed by atoms with Crippen LogP contribution in [0.15, 0.2) is 95.0 Å². The molecule has 1 amide bonds. The van der Waals surface area contributed by atoms with Gasteiger partial charge in [-0.05, 0) is 19.1 Å². The topological polar surface area (TPSA) is 84.8 Å². The Bertz CT molecular complexity index is 1150. The Morgan fingerprint density at radius 3 is 1.97 bits per heavy atom. The zero-order valence-corrected chi connectivity index (χ0v) is 17.1. The summed E-state index contributed by atoms with van der Waals surface area (Å²) in [5.41, 5.74) is 1.58. The first-order chi connectivity index (χ1) is 14.4. The average molecular weight is 420 g/mol. The Kier molecular flexibility index (Phi) is 5.13. The average Bonchev–Trinajstić information content (AvgIpc) is 3.22. The van der Waals surface area contributed by atoms with E-state index in [0.717, 1.165) is 16.7 Å². The lowest BCUT2D eigenvalue weighted by atomic mass is 9.82. The summed E-state index contributed by atoms with van der Waals surface area (Å²) >= 11 is 0. The van der Waals surface area contributed by atoms with Crippen LogP contribution in [-0.4, -0.2) is 20.0 Å². The molecule has 0 aromatic heterocycles. The fourth-order valence-electron chi connectivity index (χ4n) is 3.40. The molecule has 0 saturated carbocycles. The number of oxime groups is 1. The van der Waals surface area contributed by atoms with Gasteiger partial charge in [-0.1, -0.05) is 83.5 Å². The molecular weight excluding hydrogens is 400 g/mol. The Morgan fingerprint density at radius 1 is 0.900 bits per heavy atom. The number of carbonyl (C=O) groups is 1. The summed E-state index contributed by atoms with van der Waals surface area (Å²) in [5.74, 6) is -0.802. The van der Waals surface area contributed by atoms with Gasteiger partial charge in [0, 0.05) is 11.1 Å². The lowest BCUT2D eigenvalue weighted by Crippen LogP contribution is -2.37. The minimum absolute atomic E-state index is 0.0124. The van der Waals surface area contributed by atoms with Gasteiger partial charge in [0.2, 0.25) is 0 Å². The molecule has 0 aliphatic carbocycles. The van der Waals surface area contributed by atoms with Gasteiger partial charge in [-0.25, -0.2) is 13.1 Å². The molecule has 30 heavy (non-hydrogen) atoms. The Morgan fingerprint density at radius 2 is 1.43 bits per heavy atom. The number of aryl methyl sites for hydroxylation is 1. The van der Waals surface area contributed by atoms with Gasteiger partial charge in [0.15, 0.2) is 11.3 Å². The van der Waals surface area contributed by atoms with E-state index in [4.69, 9.17) is 4.84 Å². The van der Waals surface area contributed by atoms with Gasteiger partial charge in [0.1, 0.15) is 0 Å². The number of hydrogen-bond acceptors (Lipinski definition) is 5. The number of benzene rings is 3. The molecule has 1 N–H and O–H groups in total. The second-order valence-corrected chi connectivity index (χ2v) is 8.80. The number of hydrogen-bond donors (Lipinski definition) is 1. The second-order valence-electron chi connectivity index (χ2n) is 7.11. The zero-order chi connectivity index (χ0) is 21.2. The molecule has 6 nitrogen and oxygen atoms in total. The summed E-state index contributed by atoms with van der Waals surface area (Å²) in [6.07, 6.45) is 0.107. The summed E-state index contributed by atoms with van der Waals surface area (Å²) in [6, 6.07) is 25.1. The molecule has 152 valence electrons. The molecule has 0 saturated heterocycles. The van der Waals surface area contributed by atoms with Crippen LogP contribution < -0.4 is 4.72 Å². The van der Waals surface area contributed by atoms with Crippen LogP contribution in [0.5, 0.6) is 0 Å². The quantitative estimate of drug-likeness (QED) is 0.684. The van der Waals surface area contributed by atoms with E-state index in [1.807, 2.05) is 67.6 Å². The molecular formula is C23H20N2O4S. The minimum atomic E-state index is -4.02. The van der Waals surface area contributed by atoms with Gasteiger partial charge >= 0.3 is 0 Å². The van der Waals surface area contributed by atoms with Crippen LogP contribution >= 0.6 is 0 Å². The van der Waals surface area contributed by atoms with E-state index in [9.17, 15) is 13.2 Å². The summed E-state index contributed by atoms with van der Waals surface area (Å²) in [5, 5.41) is 3.97. The van der Waals surface area contributed by atoms with Crippen molar-refractivity contribution < 1.29 is 18.0 Å². The van der Waals surface area contributed by atoms with Crippen molar-refractivity contribution >= 4 is 21.6 Å². The number of rotatable bonds is 5. The normalized spacial score (nSPS) is 15.2. The van der Waals surface area contributed by atoms with Gasteiger partial charge in [-0.3, -0.25) is 4.79 Å². The van der Waals surface area contributed by atoms with Crippen molar-refractivity contribution in [3.05, 3.63) is 102 Å². The van der Waals surface area contributed by atoms with Crippen LogP contribution in [-0.2, 0) is 25.3 Å². The highest BCUT2D eigenvalue weighted by Gasteiger charge is 2.45. The fraction of sp³-hybridized carbons (Fsp3) is 0.130. The van der Waals surface area contributed by atoms with Crippen LogP contribution in [0.25, 0.3) is 0 Å². The highest BCUT2D eigenvalue weighted by Crippen LogP contribution is 2.41. The fourth-order valence-corrected chi connectivity index (χ4v) is 4.38. The third-order valence-corrected chi connectivity index (χ3v) is 6.38. The maximum Gasteiger partial charge on any atom is 0.282 e. The van der Waals surface area contributed by atoms with Crippen LogP contribution in [0.2, 0.25) is 0 Å². The third-order valence-electron chi connectivity index (χ3n) is 5.03. The van der Waals surface area contributed by atoms with Crippen molar-refractivity contribution in [2.75, 3.05) is 0 Å². The van der Waals surface area contributed by atoms with Crippen molar-refractivity contribution in [3.8, 4) is 0 Å². The predicted molar refractivity (Wildman–Crippen MR) is 113 cm³/mol. The van der Waals surface area contributed by atoms with E-state index in [1.54, 1.807) is 12.1 Å². The van der Waals surface area contributed by atoms with Crippen molar-refractivity contribution in [1.29, 1.82) is 0 Å². The third kappa shape index (κ3) is 3.71. The van der Waals surface area contributed by atoms with Crippen LogP contribution in [0.3, 0.4) is 0 Å². The van der Waals surface area contributed by atoms with Crippen LogP contribution in [0.1, 0.15) is 23.1 Å². The van der Waals surface area contributed by atoms with Crippen molar-refractivity contribution in [1.82, 2.24) is 4.72 Å². The molecule has 0 bridgehead atoms.